The van der Waals surface area contributed by atoms with E-state index in [-0.39, 0.29) is 22.9 Å². The molecule has 0 atom stereocenters. The van der Waals surface area contributed by atoms with E-state index in [0.717, 1.165) is 23.0 Å². The minimum atomic E-state index is -3.65. The second-order valence-corrected chi connectivity index (χ2v) is 10.6. The molecule has 3 rings (SSSR count). The van der Waals surface area contributed by atoms with Crippen molar-refractivity contribution < 1.29 is 18.0 Å². The first-order valence-electron chi connectivity index (χ1n) is 11.1. The molecule has 2 aromatic carbocycles. The van der Waals surface area contributed by atoms with Crippen molar-refractivity contribution in [3.63, 3.8) is 0 Å². The summed E-state index contributed by atoms with van der Waals surface area (Å²) in [5.74, 6) is -0.737. The number of sulfonamides is 1. The molecule has 1 fully saturated rings. The molecule has 0 spiro atoms. The number of amides is 2. The number of carbonyl (C=O) groups is 2. The zero-order valence-corrected chi connectivity index (χ0v) is 20.3. The Hall–Kier alpha value is -2.91. The Kier molecular flexibility index (Phi) is 8.10. The SMILES string of the molecule is CN(Cc1ccc(N2CCCCC2)cc1)C(=O)CNC(=O)c1cccc(S(=O)(=O)N(C)C)c1. The molecule has 9 heteroatoms. The molecule has 1 aliphatic heterocycles. The Morgan fingerprint density at radius 3 is 2.27 bits per heavy atom. The van der Waals surface area contributed by atoms with Crippen molar-refractivity contribution in [1.82, 2.24) is 14.5 Å². The Labute approximate surface area is 196 Å². The lowest BCUT2D eigenvalue weighted by molar-refractivity contribution is -0.129. The molecule has 0 aromatic heterocycles. The molecule has 2 aromatic rings. The first-order chi connectivity index (χ1) is 15.7. The van der Waals surface area contributed by atoms with Crippen LogP contribution in [-0.2, 0) is 21.4 Å². The number of benzene rings is 2. The van der Waals surface area contributed by atoms with Gasteiger partial charge in [0.05, 0.1) is 11.4 Å². The number of nitrogens with one attached hydrogen (secondary N) is 1. The smallest absolute Gasteiger partial charge is 0.251 e. The second-order valence-electron chi connectivity index (χ2n) is 8.46. The first kappa shape index (κ1) is 24.7. The summed E-state index contributed by atoms with van der Waals surface area (Å²) in [4.78, 5) is 29.0. The van der Waals surface area contributed by atoms with Crippen molar-refractivity contribution in [2.24, 2.45) is 0 Å². The van der Waals surface area contributed by atoms with Crippen LogP contribution in [0.1, 0.15) is 35.2 Å². The molecule has 2 amide bonds. The van der Waals surface area contributed by atoms with Crippen molar-refractivity contribution in [1.29, 1.82) is 0 Å². The molecule has 1 N–H and O–H groups in total. The number of rotatable bonds is 8. The summed E-state index contributed by atoms with van der Waals surface area (Å²) in [5, 5.41) is 2.58. The van der Waals surface area contributed by atoms with E-state index in [1.807, 2.05) is 12.1 Å². The van der Waals surface area contributed by atoms with Gasteiger partial charge in [-0.1, -0.05) is 18.2 Å². The van der Waals surface area contributed by atoms with Gasteiger partial charge in [0.1, 0.15) is 0 Å². The fraction of sp³-hybridized carbons (Fsp3) is 0.417. The van der Waals surface area contributed by atoms with Gasteiger partial charge in [0, 0.05) is 52.0 Å². The number of nitrogens with zero attached hydrogens (tertiary/aromatic N) is 3. The molecule has 0 aliphatic carbocycles. The molecule has 0 saturated carbocycles. The van der Waals surface area contributed by atoms with Crippen LogP contribution in [-0.4, -0.2) is 70.2 Å². The van der Waals surface area contributed by atoms with Gasteiger partial charge in [-0.05, 0) is 55.2 Å². The van der Waals surface area contributed by atoms with Gasteiger partial charge in [0.15, 0.2) is 0 Å². The van der Waals surface area contributed by atoms with Gasteiger partial charge in [0.25, 0.3) is 5.91 Å². The minimum absolute atomic E-state index is 0.0246. The molecule has 0 unspecified atom stereocenters. The molecule has 1 heterocycles. The van der Waals surface area contributed by atoms with E-state index >= 15 is 0 Å². The van der Waals surface area contributed by atoms with Crippen LogP contribution in [0.4, 0.5) is 5.69 Å². The van der Waals surface area contributed by atoms with Crippen LogP contribution in [0.5, 0.6) is 0 Å². The summed E-state index contributed by atoms with van der Waals surface area (Å²) in [6.07, 6.45) is 3.74. The maximum Gasteiger partial charge on any atom is 0.251 e. The molecule has 1 saturated heterocycles. The van der Waals surface area contributed by atoms with Crippen LogP contribution < -0.4 is 10.2 Å². The second kappa shape index (κ2) is 10.8. The lowest BCUT2D eigenvalue weighted by Crippen LogP contribution is -2.37. The highest BCUT2D eigenvalue weighted by atomic mass is 32.2. The molecule has 178 valence electrons. The maximum absolute atomic E-state index is 12.5. The molecule has 8 nitrogen and oxygen atoms in total. The fourth-order valence-corrected chi connectivity index (χ4v) is 4.68. The summed E-state index contributed by atoms with van der Waals surface area (Å²) in [6, 6.07) is 14.0. The monoisotopic (exact) mass is 472 g/mol. The summed E-state index contributed by atoms with van der Waals surface area (Å²) >= 11 is 0. The van der Waals surface area contributed by atoms with Crippen LogP contribution in [0.2, 0.25) is 0 Å². The summed E-state index contributed by atoms with van der Waals surface area (Å²) in [6.45, 7) is 2.43. The summed E-state index contributed by atoms with van der Waals surface area (Å²) in [5.41, 5.74) is 2.40. The first-order valence-corrected chi connectivity index (χ1v) is 12.5. The molecular weight excluding hydrogens is 440 g/mol. The zero-order chi connectivity index (χ0) is 24.0. The zero-order valence-electron chi connectivity index (χ0n) is 19.5. The number of hydrogen-bond donors (Lipinski definition) is 1. The predicted octanol–water partition coefficient (Wildman–Crippen LogP) is 2.32. The highest BCUT2D eigenvalue weighted by molar-refractivity contribution is 7.89. The van der Waals surface area contributed by atoms with E-state index < -0.39 is 15.9 Å². The Bertz CT molecular complexity index is 1080. The number of anilines is 1. The lowest BCUT2D eigenvalue weighted by Gasteiger charge is -2.29. The van der Waals surface area contributed by atoms with Crippen molar-refractivity contribution in [3.8, 4) is 0 Å². The lowest BCUT2D eigenvalue weighted by atomic mass is 10.1. The van der Waals surface area contributed by atoms with Gasteiger partial charge in [-0.2, -0.15) is 0 Å². The average molecular weight is 473 g/mol. The molecule has 1 aliphatic rings. The van der Waals surface area contributed by atoms with E-state index in [2.05, 4.69) is 22.3 Å². The van der Waals surface area contributed by atoms with Crippen LogP contribution in [0.15, 0.2) is 53.4 Å². The largest absolute Gasteiger partial charge is 0.372 e. The normalized spacial score (nSPS) is 14.2. The van der Waals surface area contributed by atoms with Gasteiger partial charge in [0.2, 0.25) is 15.9 Å². The number of carbonyl (C=O) groups excluding carboxylic acids is 2. The minimum Gasteiger partial charge on any atom is -0.372 e. The summed E-state index contributed by atoms with van der Waals surface area (Å²) in [7, 11) is 0.901. The average Bonchev–Trinajstić information content (AvgIpc) is 2.83. The van der Waals surface area contributed by atoms with Crippen LogP contribution in [0.3, 0.4) is 0 Å². The van der Waals surface area contributed by atoms with Gasteiger partial charge < -0.3 is 15.1 Å². The number of hydrogen-bond acceptors (Lipinski definition) is 5. The highest BCUT2D eigenvalue weighted by Crippen LogP contribution is 2.20. The van der Waals surface area contributed by atoms with Crippen molar-refractivity contribution in [2.45, 2.75) is 30.7 Å². The quantitative estimate of drug-likeness (QED) is 0.637. The van der Waals surface area contributed by atoms with Crippen molar-refractivity contribution >= 4 is 27.5 Å². The summed E-state index contributed by atoms with van der Waals surface area (Å²) < 4.78 is 25.6. The Morgan fingerprint density at radius 2 is 1.64 bits per heavy atom. The van der Waals surface area contributed by atoms with Crippen LogP contribution in [0.25, 0.3) is 0 Å². The third kappa shape index (κ3) is 6.33. The Balaban J connectivity index is 1.53. The number of likely N-dealkylation sites (N-methyl/N-ethyl adjacent to an activating group) is 1. The van der Waals surface area contributed by atoms with E-state index in [1.54, 1.807) is 11.9 Å². The number of piperidine rings is 1. The Morgan fingerprint density at radius 1 is 0.970 bits per heavy atom. The topological polar surface area (TPSA) is 90.0 Å². The van der Waals surface area contributed by atoms with E-state index in [9.17, 15) is 18.0 Å². The van der Waals surface area contributed by atoms with Crippen LogP contribution >= 0.6 is 0 Å². The van der Waals surface area contributed by atoms with Gasteiger partial charge in [-0.25, -0.2) is 12.7 Å². The molecule has 0 radical (unpaired) electrons. The predicted molar refractivity (Wildman–Crippen MR) is 129 cm³/mol. The highest BCUT2D eigenvalue weighted by Gasteiger charge is 2.19. The standard InChI is InChI=1S/C24H32N4O4S/c1-26(2)33(31,32)22-9-7-8-20(16-22)24(30)25-17-23(29)27(3)18-19-10-12-21(13-11-19)28-14-5-4-6-15-28/h7-13,16H,4-6,14-15,17-18H2,1-3H3,(H,25,30). The fourth-order valence-electron chi connectivity index (χ4n) is 3.73. The third-order valence-electron chi connectivity index (χ3n) is 5.78. The molecule has 33 heavy (non-hydrogen) atoms. The van der Waals surface area contributed by atoms with Crippen LogP contribution in [0, 0.1) is 0 Å². The van der Waals surface area contributed by atoms with E-state index in [1.165, 1.54) is 63.3 Å². The molecule has 0 bridgehead atoms. The van der Waals surface area contributed by atoms with Crippen molar-refractivity contribution in [2.75, 3.05) is 45.7 Å². The van der Waals surface area contributed by atoms with E-state index in [4.69, 9.17) is 0 Å². The molecular formula is C24H32N4O4S. The maximum atomic E-state index is 12.5. The van der Waals surface area contributed by atoms with Gasteiger partial charge in [-0.3, -0.25) is 9.59 Å². The van der Waals surface area contributed by atoms with Crippen molar-refractivity contribution in [3.05, 3.63) is 59.7 Å². The third-order valence-corrected chi connectivity index (χ3v) is 7.59. The van der Waals surface area contributed by atoms with Gasteiger partial charge in [-0.15, -0.1) is 0 Å². The van der Waals surface area contributed by atoms with Gasteiger partial charge >= 0.3 is 0 Å². The van der Waals surface area contributed by atoms with E-state index in [0.29, 0.717) is 6.54 Å².